The van der Waals surface area contributed by atoms with Crippen LogP contribution in [0.5, 0.6) is 11.5 Å². The third-order valence-electron chi connectivity index (χ3n) is 7.01. The summed E-state index contributed by atoms with van der Waals surface area (Å²) in [4.78, 5) is 54.8. The zero-order valence-electron chi connectivity index (χ0n) is 23.2. The number of nitrogens with one attached hydrogen (secondary N) is 1. The third-order valence-corrected chi connectivity index (χ3v) is 7.01. The van der Waals surface area contributed by atoms with Gasteiger partial charge in [-0.1, -0.05) is 19.1 Å². The summed E-state index contributed by atoms with van der Waals surface area (Å²) >= 11 is 0. The van der Waals surface area contributed by atoms with Gasteiger partial charge in [-0.3, -0.25) is 23.5 Å². The molecule has 0 bridgehead atoms. The predicted molar refractivity (Wildman–Crippen MR) is 149 cm³/mol. The monoisotopic (exact) mass is 536 g/mol. The van der Waals surface area contributed by atoms with Crippen LogP contribution in [0.15, 0.2) is 46.0 Å². The first-order valence-electron chi connectivity index (χ1n) is 13.2. The Morgan fingerprint density at radius 3 is 2.31 bits per heavy atom. The van der Waals surface area contributed by atoms with Crippen LogP contribution in [0.1, 0.15) is 49.5 Å². The van der Waals surface area contributed by atoms with Crippen molar-refractivity contribution < 1.29 is 19.1 Å². The van der Waals surface area contributed by atoms with Gasteiger partial charge in [0.25, 0.3) is 11.5 Å². The molecule has 10 nitrogen and oxygen atoms in total. The second-order valence-corrected chi connectivity index (χ2v) is 10.4. The summed E-state index contributed by atoms with van der Waals surface area (Å²) in [5, 5.41) is 3.07. The van der Waals surface area contributed by atoms with E-state index < -0.39 is 11.2 Å². The Morgan fingerprint density at radius 1 is 1.03 bits per heavy atom. The van der Waals surface area contributed by atoms with Crippen molar-refractivity contribution in [2.75, 3.05) is 27.3 Å². The van der Waals surface area contributed by atoms with Crippen molar-refractivity contribution in [3.8, 4) is 11.5 Å². The Balaban J connectivity index is 1.78. The minimum absolute atomic E-state index is 0.00158. The van der Waals surface area contributed by atoms with Crippen LogP contribution in [-0.4, -0.2) is 59.2 Å². The van der Waals surface area contributed by atoms with E-state index in [1.165, 1.54) is 24.9 Å². The molecular formula is C29H36N4O6. The standard InChI is InChI=1S/C29H36N4O6/c1-18(2)30-27(35)21-10-8-20(9-11-21)16-33-28(36)22-13-24(38-4)25(39-5)14-23(22)32(29(33)37)17-26(34)31-12-6-7-19(3)15-31/h8-11,13-14,18-19H,6-7,12,15-17H2,1-5H3,(H,30,35)/t19-/m0/s1. The van der Waals surface area contributed by atoms with Crippen molar-refractivity contribution >= 4 is 22.7 Å². The largest absolute Gasteiger partial charge is 0.493 e. The Hall–Kier alpha value is -4.08. The van der Waals surface area contributed by atoms with Gasteiger partial charge >= 0.3 is 5.69 Å². The zero-order chi connectivity index (χ0) is 28.3. The molecule has 1 atom stereocenters. The van der Waals surface area contributed by atoms with Crippen molar-refractivity contribution in [1.82, 2.24) is 19.4 Å². The van der Waals surface area contributed by atoms with Gasteiger partial charge in [-0.05, 0) is 56.4 Å². The van der Waals surface area contributed by atoms with Gasteiger partial charge in [-0.2, -0.15) is 0 Å². The average Bonchev–Trinajstić information content (AvgIpc) is 2.92. The van der Waals surface area contributed by atoms with Crippen molar-refractivity contribution in [1.29, 1.82) is 0 Å². The van der Waals surface area contributed by atoms with E-state index in [2.05, 4.69) is 12.2 Å². The highest BCUT2D eigenvalue weighted by atomic mass is 16.5. The van der Waals surface area contributed by atoms with E-state index in [1.807, 2.05) is 13.8 Å². The van der Waals surface area contributed by atoms with Gasteiger partial charge in [-0.15, -0.1) is 0 Å². The quantitative estimate of drug-likeness (QED) is 0.474. The van der Waals surface area contributed by atoms with Gasteiger partial charge in [0, 0.05) is 30.8 Å². The molecular weight excluding hydrogens is 500 g/mol. The fraction of sp³-hybridized carbons (Fsp3) is 0.448. The number of amides is 2. The number of rotatable bonds is 8. The molecule has 1 aliphatic rings. The summed E-state index contributed by atoms with van der Waals surface area (Å²) in [6.45, 7) is 6.92. The van der Waals surface area contributed by atoms with Crippen molar-refractivity contribution in [2.24, 2.45) is 5.92 Å². The van der Waals surface area contributed by atoms with Crippen LogP contribution in [0.4, 0.5) is 0 Å². The van der Waals surface area contributed by atoms with E-state index >= 15 is 0 Å². The number of fused-ring (bicyclic) bond motifs is 1. The summed E-state index contributed by atoms with van der Waals surface area (Å²) in [5.74, 6) is 0.707. The first-order valence-corrected chi connectivity index (χ1v) is 13.2. The van der Waals surface area contributed by atoms with Crippen LogP contribution < -0.4 is 26.0 Å². The number of likely N-dealkylation sites (tertiary alicyclic amines) is 1. The molecule has 0 spiro atoms. The lowest BCUT2D eigenvalue weighted by Crippen LogP contribution is -2.45. The van der Waals surface area contributed by atoms with Crippen LogP contribution in [-0.2, 0) is 17.9 Å². The molecule has 4 rings (SSSR count). The minimum atomic E-state index is -0.597. The van der Waals surface area contributed by atoms with Gasteiger partial charge < -0.3 is 19.7 Å². The lowest BCUT2D eigenvalue weighted by atomic mass is 10.0. The lowest BCUT2D eigenvalue weighted by molar-refractivity contribution is -0.133. The molecule has 1 saturated heterocycles. The Morgan fingerprint density at radius 2 is 1.69 bits per heavy atom. The summed E-state index contributed by atoms with van der Waals surface area (Å²) in [6, 6.07) is 9.85. The molecule has 2 amide bonds. The number of nitrogens with zero attached hydrogens (tertiary/aromatic N) is 3. The fourth-order valence-electron chi connectivity index (χ4n) is 4.98. The molecule has 208 valence electrons. The Labute approximate surface area is 227 Å². The van der Waals surface area contributed by atoms with E-state index in [4.69, 9.17) is 9.47 Å². The minimum Gasteiger partial charge on any atom is -0.493 e. The molecule has 2 heterocycles. The van der Waals surface area contributed by atoms with Gasteiger partial charge in [0.15, 0.2) is 11.5 Å². The molecule has 0 unspecified atom stereocenters. The number of hydrogen-bond donors (Lipinski definition) is 1. The van der Waals surface area contributed by atoms with Crippen LogP contribution >= 0.6 is 0 Å². The van der Waals surface area contributed by atoms with Crippen LogP contribution in [0.25, 0.3) is 10.9 Å². The highest BCUT2D eigenvalue weighted by Gasteiger charge is 2.24. The van der Waals surface area contributed by atoms with Gasteiger partial charge in [-0.25, -0.2) is 4.79 Å². The number of piperidine rings is 1. The molecule has 2 aromatic carbocycles. The topological polar surface area (TPSA) is 112 Å². The smallest absolute Gasteiger partial charge is 0.332 e. The number of benzene rings is 2. The maximum absolute atomic E-state index is 13.8. The number of carbonyl (C=O) groups excluding carboxylic acids is 2. The molecule has 39 heavy (non-hydrogen) atoms. The number of carbonyl (C=O) groups is 2. The highest BCUT2D eigenvalue weighted by molar-refractivity contribution is 5.94. The van der Waals surface area contributed by atoms with Crippen molar-refractivity contribution in [3.05, 3.63) is 68.4 Å². The maximum Gasteiger partial charge on any atom is 0.332 e. The summed E-state index contributed by atoms with van der Waals surface area (Å²) in [5.41, 5.74) is 0.345. The van der Waals surface area contributed by atoms with Crippen LogP contribution in [0.3, 0.4) is 0 Å². The third kappa shape index (κ3) is 6.00. The summed E-state index contributed by atoms with van der Waals surface area (Å²) in [7, 11) is 2.94. The zero-order valence-corrected chi connectivity index (χ0v) is 23.2. The fourth-order valence-corrected chi connectivity index (χ4v) is 4.98. The van der Waals surface area contributed by atoms with E-state index in [0.29, 0.717) is 47.2 Å². The van der Waals surface area contributed by atoms with Crippen molar-refractivity contribution in [3.63, 3.8) is 0 Å². The van der Waals surface area contributed by atoms with E-state index in [-0.39, 0.29) is 36.3 Å². The molecule has 1 aliphatic heterocycles. The molecule has 0 aliphatic carbocycles. The van der Waals surface area contributed by atoms with Crippen LogP contribution in [0, 0.1) is 5.92 Å². The summed E-state index contributed by atoms with van der Waals surface area (Å²) < 4.78 is 13.3. The molecule has 1 N–H and O–H groups in total. The molecule has 1 aromatic heterocycles. The number of methoxy groups -OCH3 is 2. The molecule has 0 radical (unpaired) electrons. The number of hydrogen-bond acceptors (Lipinski definition) is 6. The van der Waals surface area contributed by atoms with Gasteiger partial charge in [0.1, 0.15) is 6.54 Å². The number of aromatic nitrogens is 2. The Bertz CT molecular complexity index is 1490. The molecule has 10 heteroatoms. The van der Waals surface area contributed by atoms with Crippen molar-refractivity contribution in [2.45, 2.75) is 52.7 Å². The van der Waals surface area contributed by atoms with Gasteiger partial charge in [0.05, 0.1) is 31.7 Å². The summed E-state index contributed by atoms with van der Waals surface area (Å²) in [6.07, 6.45) is 1.98. The van der Waals surface area contributed by atoms with E-state index in [0.717, 1.165) is 17.4 Å². The predicted octanol–water partition coefficient (Wildman–Crippen LogP) is 2.63. The highest BCUT2D eigenvalue weighted by Crippen LogP contribution is 2.30. The normalized spacial score (nSPS) is 15.4. The average molecular weight is 537 g/mol. The maximum atomic E-state index is 13.8. The van der Waals surface area contributed by atoms with Gasteiger partial charge in [0.2, 0.25) is 5.91 Å². The SMILES string of the molecule is COc1cc2c(=O)n(Cc3ccc(C(=O)NC(C)C)cc3)c(=O)n(CC(=O)N3CCC[C@H](C)C3)c2cc1OC. The first kappa shape index (κ1) is 27.9. The molecule has 0 saturated carbocycles. The first-order chi connectivity index (χ1) is 18.6. The second kappa shape index (κ2) is 11.8. The van der Waals surface area contributed by atoms with Crippen LogP contribution in [0.2, 0.25) is 0 Å². The molecule has 1 fully saturated rings. The Kier molecular flexibility index (Phi) is 8.42. The second-order valence-electron chi connectivity index (χ2n) is 10.4. The molecule has 3 aromatic rings. The van der Waals surface area contributed by atoms with E-state index in [9.17, 15) is 19.2 Å². The number of ether oxygens (including phenoxy) is 2. The van der Waals surface area contributed by atoms with E-state index in [1.54, 1.807) is 35.2 Å². The lowest BCUT2D eigenvalue weighted by Gasteiger charge is -2.31.